The monoisotopic (exact) mass is 156 g/mol. The second-order valence-corrected chi connectivity index (χ2v) is 3.13. The molecule has 0 bridgehead atoms. The molecule has 3 nitrogen and oxygen atoms in total. The van der Waals surface area contributed by atoms with Gasteiger partial charge in [0.1, 0.15) is 0 Å². The Morgan fingerprint density at radius 3 is 2.82 bits per heavy atom. The van der Waals surface area contributed by atoms with Crippen LogP contribution < -0.4 is 5.32 Å². The molecule has 1 aliphatic rings. The van der Waals surface area contributed by atoms with E-state index in [9.17, 15) is 4.79 Å². The van der Waals surface area contributed by atoms with Crippen molar-refractivity contribution in [1.82, 2.24) is 10.2 Å². The summed E-state index contributed by atoms with van der Waals surface area (Å²) in [5, 5.41) is 3.28. The average Bonchev–Trinajstić information content (AvgIpc) is 2.05. The minimum absolute atomic E-state index is 0.165. The van der Waals surface area contributed by atoms with E-state index in [0.29, 0.717) is 6.04 Å². The van der Waals surface area contributed by atoms with Crippen molar-refractivity contribution in [3.63, 3.8) is 0 Å². The molecule has 1 atom stereocenters. The third-order valence-corrected chi connectivity index (χ3v) is 2.32. The quantitative estimate of drug-likeness (QED) is 0.589. The van der Waals surface area contributed by atoms with E-state index in [2.05, 4.69) is 5.32 Å². The molecule has 1 rings (SSSR count). The Labute approximate surface area is 67.8 Å². The van der Waals surface area contributed by atoms with Crippen LogP contribution in [0.2, 0.25) is 0 Å². The van der Waals surface area contributed by atoms with E-state index in [1.54, 1.807) is 6.92 Å². The van der Waals surface area contributed by atoms with Crippen molar-refractivity contribution in [2.75, 3.05) is 20.1 Å². The molecule has 1 unspecified atom stereocenters. The molecular weight excluding hydrogens is 140 g/mol. The second kappa shape index (κ2) is 3.72. The molecule has 64 valence electrons. The fourth-order valence-corrected chi connectivity index (χ4v) is 1.42. The number of carbonyl (C=O) groups is 1. The molecule has 1 amide bonds. The lowest BCUT2D eigenvalue weighted by Crippen LogP contribution is -2.45. The summed E-state index contributed by atoms with van der Waals surface area (Å²) < 4.78 is 0. The van der Waals surface area contributed by atoms with Gasteiger partial charge in [0.05, 0.1) is 0 Å². The van der Waals surface area contributed by atoms with E-state index in [4.69, 9.17) is 0 Å². The van der Waals surface area contributed by atoms with Crippen molar-refractivity contribution in [2.45, 2.75) is 25.8 Å². The number of likely N-dealkylation sites (N-methyl/N-ethyl adjacent to an activating group) is 1. The highest BCUT2D eigenvalue weighted by molar-refractivity contribution is 5.73. The van der Waals surface area contributed by atoms with E-state index in [1.807, 2.05) is 11.9 Å². The molecule has 0 saturated carbocycles. The van der Waals surface area contributed by atoms with Crippen LogP contribution in [-0.4, -0.2) is 37.0 Å². The number of nitrogens with zero attached hydrogens (tertiary/aromatic N) is 1. The zero-order valence-corrected chi connectivity index (χ0v) is 7.26. The molecular formula is C8H16N2O. The fourth-order valence-electron chi connectivity index (χ4n) is 1.42. The summed E-state index contributed by atoms with van der Waals surface area (Å²) in [5.41, 5.74) is 0. The van der Waals surface area contributed by atoms with Gasteiger partial charge in [0.25, 0.3) is 0 Å². The molecule has 1 fully saturated rings. The number of hydrogen-bond donors (Lipinski definition) is 1. The summed E-state index contributed by atoms with van der Waals surface area (Å²) in [6, 6.07) is 0.418. The van der Waals surface area contributed by atoms with Gasteiger partial charge in [-0.2, -0.15) is 0 Å². The van der Waals surface area contributed by atoms with E-state index in [-0.39, 0.29) is 5.91 Å². The lowest BCUT2D eigenvalue weighted by Gasteiger charge is -2.30. The zero-order valence-electron chi connectivity index (χ0n) is 7.26. The van der Waals surface area contributed by atoms with Crippen LogP contribution in [0.5, 0.6) is 0 Å². The molecule has 1 saturated heterocycles. The maximum absolute atomic E-state index is 10.9. The van der Waals surface area contributed by atoms with Gasteiger partial charge in [0, 0.05) is 26.6 Å². The summed E-state index contributed by atoms with van der Waals surface area (Å²) in [6.45, 7) is 3.67. The van der Waals surface area contributed by atoms with Gasteiger partial charge in [-0.05, 0) is 19.4 Å². The second-order valence-electron chi connectivity index (χ2n) is 3.13. The van der Waals surface area contributed by atoms with E-state index < -0.39 is 0 Å². The number of piperidine rings is 1. The Morgan fingerprint density at radius 2 is 2.36 bits per heavy atom. The molecule has 1 N–H and O–H groups in total. The standard InChI is InChI=1S/C8H16N2O/c1-7(11)10(2)8-4-3-5-9-6-8/h8-9H,3-6H2,1-2H3. The predicted molar refractivity (Wildman–Crippen MR) is 44.3 cm³/mol. The maximum Gasteiger partial charge on any atom is 0.219 e. The molecule has 0 aromatic heterocycles. The van der Waals surface area contributed by atoms with Crippen molar-refractivity contribution in [3.05, 3.63) is 0 Å². The van der Waals surface area contributed by atoms with Crippen LogP contribution in [0.4, 0.5) is 0 Å². The minimum Gasteiger partial charge on any atom is -0.342 e. The van der Waals surface area contributed by atoms with E-state index in [1.165, 1.54) is 6.42 Å². The van der Waals surface area contributed by atoms with Crippen LogP contribution in [-0.2, 0) is 4.79 Å². The van der Waals surface area contributed by atoms with Crippen LogP contribution in [0.15, 0.2) is 0 Å². The number of hydrogen-bond acceptors (Lipinski definition) is 2. The van der Waals surface area contributed by atoms with Gasteiger partial charge < -0.3 is 10.2 Å². The van der Waals surface area contributed by atoms with Gasteiger partial charge in [0.15, 0.2) is 0 Å². The fraction of sp³-hybridized carbons (Fsp3) is 0.875. The molecule has 0 aromatic rings. The van der Waals surface area contributed by atoms with Gasteiger partial charge in [-0.15, -0.1) is 0 Å². The lowest BCUT2D eigenvalue weighted by molar-refractivity contribution is -0.129. The van der Waals surface area contributed by atoms with Crippen molar-refractivity contribution in [2.24, 2.45) is 0 Å². The van der Waals surface area contributed by atoms with Gasteiger partial charge in [0.2, 0.25) is 5.91 Å². The van der Waals surface area contributed by atoms with Crippen molar-refractivity contribution < 1.29 is 4.79 Å². The SMILES string of the molecule is CC(=O)N(C)C1CCCNC1. The Bertz CT molecular complexity index is 141. The third kappa shape index (κ3) is 2.19. The molecule has 0 aromatic carbocycles. The first-order chi connectivity index (χ1) is 5.22. The van der Waals surface area contributed by atoms with Crippen LogP contribution in [0, 0.1) is 0 Å². The number of nitrogens with one attached hydrogen (secondary N) is 1. The normalized spacial score (nSPS) is 24.7. The summed E-state index contributed by atoms with van der Waals surface area (Å²) in [4.78, 5) is 12.8. The van der Waals surface area contributed by atoms with Crippen LogP contribution in [0.1, 0.15) is 19.8 Å². The minimum atomic E-state index is 0.165. The summed E-state index contributed by atoms with van der Waals surface area (Å²) >= 11 is 0. The Hall–Kier alpha value is -0.570. The largest absolute Gasteiger partial charge is 0.342 e. The van der Waals surface area contributed by atoms with Gasteiger partial charge in [-0.3, -0.25) is 4.79 Å². The molecule has 0 spiro atoms. The summed E-state index contributed by atoms with van der Waals surface area (Å²) in [5.74, 6) is 0.165. The van der Waals surface area contributed by atoms with E-state index >= 15 is 0 Å². The highest BCUT2D eigenvalue weighted by Crippen LogP contribution is 2.07. The predicted octanol–water partition coefficient (Wildman–Crippen LogP) is 0.217. The first-order valence-electron chi connectivity index (χ1n) is 4.16. The molecule has 0 radical (unpaired) electrons. The highest BCUT2D eigenvalue weighted by atomic mass is 16.2. The third-order valence-electron chi connectivity index (χ3n) is 2.32. The molecule has 11 heavy (non-hydrogen) atoms. The Morgan fingerprint density at radius 1 is 1.64 bits per heavy atom. The summed E-state index contributed by atoms with van der Waals surface area (Å²) in [6.07, 6.45) is 2.32. The van der Waals surface area contributed by atoms with Crippen LogP contribution in [0.25, 0.3) is 0 Å². The number of carbonyl (C=O) groups excluding carboxylic acids is 1. The van der Waals surface area contributed by atoms with Gasteiger partial charge in [-0.1, -0.05) is 0 Å². The highest BCUT2D eigenvalue weighted by Gasteiger charge is 2.18. The zero-order chi connectivity index (χ0) is 8.27. The Kier molecular flexibility index (Phi) is 2.88. The summed E-state index contributed by atoms with van der Waals surface area (Å²) in [7, 11) is 1.88. The maximum atomic E-state index is 10.9. The molecule has 3 heteroatoms. The smallest absolute Gasteiger partial charge is 0.219 e. The van der Waals surface area contributed by atoms with Crippen LogP contribution >= 0.6 is 0 Å². The van der Waals surface area contributed by atoms with Crippen molar-refractivity contribution >= 4 is 5.91 Å². The average molecular weight is 156 g/mol. The first kappa shape index (κ1) is 8.53. The van der Waals surface area contributed by atoms with Crippen LogP contribution in [0.3, 0.4) is 0 Å². The van der Waals surface area contributed by atoms with Gasteiger partial charge >= 0.3 is 0 Å². The molecule has 1 heterocycles. The molecule has 1 aliphatic heterocycles. The first-order valence-corrected chi connectivity index (χ1v) is 4.16. The Balaban J connectivity index is 2.38. The number of rotatable bonds is 1. The van der Waals surface area contributed by atoms with Gasteiger partial charge in [-0.25, -0.2) is 0 Å². The van der Waals surface area contributed by atoms with E-state index in [0.717, 1.165) is 19.5 Å². The lowest BCUT2D eigenvalue weighted by atomic mass is 10.1. The van der Waals surface area contributed by atoms with Crippen molar-refractivity contribution in [1.29, 1.82) is 0 Å². The van der Waals surface area contributed by atoms with Crippen molar-refractivity contribution in [3.8, 4) is 0 Å². The molecule has 0 aliphatic carbocycles. The topological polar surface area (TPSA) is 32.3 Å². The number of amides is 1.